The summed E-state index contributed by atoms with van der Waals surface area (Å²) in [6.45, 7) is 1.56. The fourth-order valence-corrected chi connectivity index (χ4v) is 3.74. The van der Waals surface area contributed by atoms with Crippen molar-refractivity contribution in [2.45, 2.75) is 25.3 Å². The van der Waals surface area contributed by atoms with Gasteiger partial charge < -0.3 is 15.3 Å². The number of nitrogens with one attached hydrogen (secondary N) is 1. The molecule has 2 aliphatic heterocycles. The highest BCUT2D eigenvalue weighted by molar-refractivity contribution is 7.99. The molecule has 1 amide bonds. The molecule has 1 atom stereocenters. The van der Waals surface area contributed by atoms with E-state index in [0.717, 1.165) is 24.3 Å². The summed E-state index contributed by atoms with van der Waals surface area (Å²) in [4.78, 5) is 24.9. The van der Waals surface area contributed by atoms with Gasteiger partial charge in [-0.2, -0.15) is 11.8 Å². The number of piperazine rings is 1. The highest BCUT2D eigenvalue weighted by Gasteiger charge is 2.32. The first kappa shape index (κ1) is 13.7. The molecule has 0 aliphatic carbocycles. The van der Waals surface area contributed by atoms with E-state index in [2.05, 4.69) is 5.32 Å². The van der Waals surface area contributed by atoms with Crippen molar-refractivity contribution in [3.8, 4) is 0 Å². The van der Waals surface area contributed by atoms with Gasteiger partial charge in [-0.05, 0) is 30.3 Å². The third-order valence-electron chi connectivity index (χ3n) is 3.65. The molecule has 1 unspecified atom stereocenters. The molecule has 2 fully saturated rings. The second-order valence-corrected chi connectivity index (χ2v) is 6.13. The minimum atomic E-state index is -0.908. The molecule has 2 saturated heterocycles. The standard InChI is InChI=1S/C12H20N2O3S/c15-11(7-9-1-5-18-6-2-9)14-4-3-13-8-10(14)12(16)17/h9-10,13H,1-8H2,(H,16,17). The van der Waals surface area contributed by atoms with Crippen LogP contribution >= 0.6 is 11.8 Å². The van der Waals surface area contributed by atoms with Crippen LogP contribution in [0.2, 0.25) is 0 Å². The van der Waals surface area contributed by atoms with Crippen molar-refractivity contribution in [2.24, 2.45) is 5.92 Å². The molecule has 0 spiro atoms. The first-order valence-electron chi connectivity index (χ1n) is 6.49. The number of carbonyl (C=O) groups is 2. The first-order valence-corrected chi connectivity index (χ1v) is 7.64. The van der Waals surface area contributed by atoms with Crippen LogP contribution < -0.4 is 5.32 Å². The zero-order valence-electron chi connectivity index (χ0n) is 10.4. The number of thioether (sulfide) groups is 1. The van der Waals surface area contributed by atoms with E-state index >= 15 is 0 Å². The maximum atomic E-state index is 12.2. The maximum Gasteiger partial charge on any atom is 0.327 e. The minimum absolute atomic E-state index is 0.0146. The van der Waals surface area contributed by atoms with Crippen LogP contribution in [-0.4, -0.2) is 59.1 Å². The Labute approximate surface area is 111 Å². The maximum absolute atomic E-state index is 12.2. The number of hydrogen-bond acceptors (Lipinski definition) is 4. The Balaban J connectivity index is 1.91. The van der Waals surface area contributed by atoms with Gasteiger partial charge in [0.1, 0.15) is 6.04 Å². The molecule has 0 aromatic rings. The van der Waals surface area contributed by atoms with Crippen LogP contribution in [0.15, 0.2) is 0 Å². The van der Waals surface area contributed by atoms with Crippen LogP contribution in [0.5, 0.6) is 0 Å². The van der Waals surface area contributed by atoms with Gasteiger partial charge in [-0.25, -0.2) is 4.79 Å². The van der Waals surface area contributed by atoms with Crippen LogP contribution in [0.1, 0.15) is 19.3 Å². The van der Waals surface area contributed by atoms with Gasteiger partial charge in [-0.15, -0.1) is 0 Å². The second kappa shape index (κ2) is 6.43. The van der Waals surface area contributed by atoms with Crippen molar-refractivity contribution < 1.29 is 14.7 Å². The third-order valence-corrected chi connectivity index (χ3v) is 4.70. The second-order valence-electron chi connectivity index (χ2n) is 4.91. The minimum Gasteiger partial charge on any atom is -0.480 e. The van der Waals surface area contributed by atoms with Crippen molar-refractivity contribution in [3.63, 3.8) is 0 Å². The predicted molar refractivity (Wildman–Crippen MR) is 70.7 cm³/mol. The first-order chi connectivity index (χ1) is 8.68. The Morgan fingerprint density at radius 3 is 2.72 bits per heavy atom. The number of hydrogen-bond donors (Lipinski definition) is 2. The van der Waals surface area contributed by atoms with E-state index in [-0.39, 0.29) is 5.91 Å². The van der Waals surface area contributed by atoms with Gasteiger partial charge in [0.2, 0.25) is 5.91 Å². The summed E-state index contributed by atoms with van der Waals surface area (Å²) < 4.78 is 0. The van der Waals surface area contributed by atoms with E-state index in [1.807, 2.05) is 11.8 Å². The summed E-state index contributed by atoms with van der Waals surface area (Å²) in [7, 11) is 0. The normalized spacial score (nSPS) is 26.0. The van der Waals surface area contributed by atoms with E-state index in [4.69, 9.17) is 5.11 Å². The van der Waals surface area contributed by atoms with Crippen molar-refractivity contribution in [1.82, 2.24) is 10.2 Å². The Morgan fingerprint density at radius 2 is 2.06 bits per heavy atom. The highest BCUT2D eigenvalue weighted by atomic mass is 32.2. The molecule has 5 nitrogen and oxygen atoms in total. The molecule has 2 rings (SSSR count). The average Bonchev–Trinajstić information content (AvgIpc) is 2.40. The number of aliphatic carboxylic acids is 1. The summed E-state index contributed by atoms with van der Waals surface area (Å²) in [6, 6.07) is -0.691. The Bertz CT molecular complexity index is 318. The lowest BCUT2D eigenvalue weighted by Crippen LogP contribution is -2.57. The quantitative estimate of drug-likeness (QED) is 0.778. The van der Waals surface area contributed by atoms with Gasteiger partial charge in [0.25, 0.3) is 0 Å². The largest absolute Gasteiger partial charge is 0.480 e. The molecule has 0 bridgehead atoms. The molecule has 0 aromatic heterocycles. The van der Waals surface area contributed by atoms with Crippen molar-refractivity contribution in [3.05, 3.63) is 0 Å². The van der Waals surface area contributed by atoms with E-state index in [1.165, 1.54) is 0 Å². The van der Waals surface area contributed by atoms with Crippen molar-refractivity contribution in [1.29, 1.82) is 0 Å². The van der Waals surface area contributed by atoms with E-state index in [9.17, 15) is 9.59 Å². The molecule has 102 valence electrons. The molecule has 2 heterocycles. The number of carboxylic acid groups (broad SMARTS) is 1. The predicted octanol–water partition coefficient (Wildman–Crippen LogP) is 0.405. The van der Waals surface area contributed by atoms with Crippen molar-refractivity contribution >= 4 is 23.6 Å². The molecule has 0 radical (unpaired) electrons. The average molecular weight is 272 g/mol. The van der Waals surface area contributed by atoms with Crippen LogP contribution in [-0.2, 0) is 9.59 Å². The molecular weight excluding hydrogens is 252 g/mol. The fourth-order valence-electron chi connectivity index (χ4n) is 2.54. The van der Waals surface area contributed by atoms with Crippen LogP contribution in [0.25, 0.3) is 0 Å². The van der Waals surface area contributed by atoms with Crippen LogP contribution in [0, 0.1) is 5.92 Å². The number of carbonyl (C=O) groups excluding carboxylic acids is 1. The van der Waals surface area contributed by atoms with Gasteiger partial charge in [0, 0.05) is 26.1 Å². The van der Waals surface area contributed by atoms with Gasteiger partial charge in [0.05, 0.1) is 0 Å². The highest BCUT2D eigenvalue weighted by Crippen LogP contribution is 2.26. The lowest BCUT2D eigenvalue weighted by molar-refractivity contribution is -0.151. The molecular formula is C12H20N2O3S. The topological polar surface area (TPSA) is 69.6 Å². The van der Waals surface area contributed by atoms with Crippen LogP contribution in [0.3, 0.4) is 0 Å². The van der Waals surface area contributed by atoms with Gasteiger partial charge >= 0.3 is 5.97 Å². The number of nitrogens with zero attached hydrogens (tertiary/aromatic N) is 1. The van der Waals surface area contributed by atoms with Gasteiger partial charge in [0.15, 0.2) is 0 Å². The lowest BCUT2D eigenvalue weighted by atomic mass is 9.97. The number of rotatable bonds is 3. The van der Waals surface area contributed by atoms with E-state index < -0.39 is 12.0 Å². The van der Waals surface area contributed by atoms with Gasteiger partial charge in [-0.3, -0.25) is 4.79 Å². The van der Waals surface area contributed by atoms with Crippen molar-refractivity contribution in [2.75, 3.05) is 31.1 Å². The molecule has 0 aromatic carbocycles. The Kier molecular flexibility index (Phi) is 4.88. The molecule has 18 heavy (non-hydrogen) atoms. The smallest absolute Gasteiger partial charge is 0.327 e. The zero-order valence-corrected chi connectivity index (χ0v) is 11.2. The summed E-state index contributed by atoms with van der Waals surface area (Å²) in [6.07, 6.45) is 2.69. The molecule has 2 N–H and O–H groups in total. The lowest BCUT2D eigenvalue weighted by Gasteiger charge is -2.34. The summed E-state index contributed by atoms with van der Waals surface area (Å²) in [5.74, 6) is 1.81. The summed E-state index contributed by atoms with van der Waals surface area (Å²) >= 11 is 1.94. The number of amides is 1. The third kappa shape index (κ3) is 3.38. The number of carboxylic acids is 1. The molecule has 6 heteroatoms. The Hall–Kier alpha value is -0.750. The fraction of sp³-hybridized carbons (Fsp3) is 0.833. The summed E-state index contributed by atoms with van der Waals surface area (Å²) in [5.41, 5.74) is 0. The van der Waals surface area contributed by atoms with E-state index in [1.54, 1.807) is 4.90 Å². The SMILES string of the molecule is O=C(O)C1CNCCN1C(=O)CC1CCSCC1. The molecule has 2 aliphatic rings. The van der Waals surface area contributed by atoms with Crippen LogP contribution in [0.4, 0.5) is 0 Å². The van der Waals surface area contributed by atoms with E-state index in [0.29, 0.717) is 32.0 Å². The molecule has 0 saturated carbocycles. The zero-order chi connectivity index (χ0) is 13.0. The van der Waals surface area contributed by atoms with Gasteiger partial charge in [-0.1, -0.05) is 0 Å². The monoisotopic (exact) mass is 272 g/mol. The summed E-state index contributed by atoms with van der Waals surface area (Å²) in [5, 5.41) is 12.2. The Morgan fingerprint density at radius 1 is 1.33 bits per heavy atom.